The van der Waals surface area contributed by atoms with E-state index in [-0.39, 0.29) is 17.4 Å². The fourth-order valence-electron chi connectivity index (χ4n) is 4.03. The Morgan fingerprint density at radius 3 is 2.36 bits per heavy atom. The number of hydrogen-bond acceptors (Lipinski definition) is 3. The Balaban J connectivity index is 1.70. The smallest absolute Gasteiger partial charge is 0.239 e. The Bertz CT molecular complexity index is 767. The van der Waals surface area contributed by atoms with Gasteiger partial charge in [0.2, 0.25) is 5.91 Å². The Labute approximate surface area is 168 Å². The zero-order valence-electron chi connectivity index (χ0n) is 17.3. The van der Waals surface area contributed by atoms with Gasteiger partial charge in [-0.3, -0.25) is 4.79 Å². The van der Waals surface area contributed by atoms with Crippen molar-refractivity contribution in [1.82, 2.24) is 5.32 Å². The van der Waals surface area contributed by atoms with Crippen molar-refractivity contribution in [2.24, 2.45) is 0 Å². The monoisotopic (exact) mass is 380 g/mol. The van der Waals surface area contributed by atoms with Crippen LogP contribution in [0.4, 0.5) is 5.69 Å². The van der Waals surface area contributed by atoms with Crippen molar-refractivity contribution in [3.63, 3.8) is 0 Å². The molecule has 0 aromatic heterocycles. The third-order valence-electron chi connectivity index (χ3n) is 5.82. The lowest BCUT2D eigenvalue weighted by Gasteiger charge is -2.38. The number of ether oxygens (including phenoxy) is 1. The lowest BCUT2D eigenvalue weighted by Crippen LogP contribution is -2.48. The van der Waals surface area contributed by atoms with Gasteiger partial charge in [0, 0.05) is 36.9 Å². The van der Waals surface area contributed by atoms with Crippen LogP contribution in [0.25, 0.3) is 0 Å². The molecule has 2 aromatic rings. The molecule has 0 saturated carbocycles. The van der Waals surface area contributed by atoms with Gasteiger partial charge in [-0.15, -0.1) is 0 Å². The average molecular weight is 381 g/mol. The summed E-state index contributed by atoms with van der Waals surface area (Å²) in [4.78, 5) is 15.0. The van der Waals surface area contributed by atoms with Crippen LogP contribution in [-0.2, 0) is 14.9 Å². The molecule has 0 aliphatic carbocycles. The molecule has 0 unspecified atom stereocenters. The lowest BCUT2D eigenvalue weighted by molar-refractivity contribution is -0.120. The quantitative estimate of drug-likeness (QED) is 0.787. The van der Waals surface area contributed by atoms with Gasteiger partial charge in [-0.05, 0) is 50.8 Å². The van der Waals surface area contributed by atoms with E-state index in [1.807, 2.05) is 18.2 Å². The number of nitrogens with zero attached hydrogens (tertiary/aromatic N) is 1. The zero-order valence-corrected chi connectivity index (χ0v) is 17.3. The highest BCUT2D eigenvalue weighted by atomic mass is 16.5. The maximum Gasteiger partial charge on any atom is 0.239 e. The maximum atomic E-state index is 12.9. The summed E-state index contributed by atoms with van der Waals surface area (Å²) in [5.41, 5.74) is 3.56. The summed E-state index contributed by atoms with van der Waals surface area (Å²) in [6.45, 7) is 8.85. The first-order valence-corrected chi connectivity index (χ1v) is 10.2. The molecular weight excluding hydrogens is 348 g/mol. The van der Waals surface area contributed by atoms with Crippen LogP contribution >= 0.6 is 0 Å². The summed E-state index contributed by atoms with van der Waals surface area (Å²) in [7, 11) is 0. The van der Waals surface area contributed by atoms with E-state index in [1.54, 1.807) is 0 Å². The SMILES string of the molecule is Cc1ccccc1N(CC(=O)NCC1(c2ccccc2)CCOCC1)C(C)C. The van der Waals surface area contributed by atoms with Crippen molar-refractivity contribution in [1.29, 1.82) is 0 Å². The maximum absolute atomic E-state index is 12.9. The minimum Gasteiger partial charge on any atom is -0.381 e. The normalized spacial score (nSPS) is 16.0. The summed E-state index contributed by atoms with van der Waals surface area (Å²) in [5.74, 6) is 0.0683. The molecule has 1 amide bonds. The molecule has 0 atom stereocenters. The summed E-state index contributed by atoms with van der Waals surface area (Å²) >= 11 is 0. The Morgan fingerprint density at radius 2 is 1.71 bits per heavy atom. The minimum atomic E-state index is -0.0412. The molecule has 4 heteroatoms. The zero-order chi connectivity index (χ0) is 20.0. The van der Waals surface area contributed by atoms with E-state index >= 15 is 0 Å². The highest BCUT2D eigenvalue weighted by Crippen LogP contribution is 2.34. The van der Waals surface area contributed by atoms with E-state index < -0.39 is 0 Å². The standard InChI is InChI=1S/C24H32N2O2/c1-19(2)26(22-12-8-7-9-20(22)3)17-23(27)25-18-24(13-15-28-16-14-24)21-10-5-4-6-11-21/h4-12,19H,13-18H2,1-3H3,(H,25,27). The summed E-state index contributed by atoms with van der Waals surface area (Å²) < 4.78 is 5.60. The Morgan fingerprint density at radius 1 is 1.07 bits per heavy atom. The van der Waals surface area contributed by atoms with E-state index in [1.165, 1.54) is 11.1 Å². The van der Waals surface area contributed by atoms with Crippen LogP contribution in [0.5, 0.6) is 0 Å². The van der Waals surface area contributed by atoms with Crippen molar-refractivity contribution in [2.45, 2.75) is 45.1 Å². The number of aryl methyl sites for hydroxylation is 1. The second-order valence-corrected chi connectivity index (χ2v) is 8.04. The molecule has 1 fully saturated rings. The molecule has 1 aliphatic heterocycles. The molecule has 1 heterocycles. The number of anilines is 1. The summed E-state index contributed by atoms with van der Waals surface area (Å²) in [6.07, 6.45) is 1.87. The fraction of sp³-hybridized carbons (Fsp3) is 0.458. The van der Waals surface area contributed by atoms with Crippen LogP contribution in [-0.4, -0.2) is 38.3 Å². The van der Waals surface area contributed by atoms with Crippen molar-refractivity contribution in [2.75, 3.05) is 31.2 Å². The number of hydrogen-bond donors (Lipinski definition) is 1. The van der Waals surface area contributed by atoms with Crippen LogP contribution in [0, 0.1) is 6.92 Å². The number of para-hydroxylation sites is 1. The molecule has 2 aromatic carbocycles. The van der Waals surface area contributed by atoms with Crippen molar-refractivity contribution >= 4 is 11.6 Å². The van der Waals surface area contributed by atoms with E-state index in [0.29, 0.717) is 13.1 Å². The number of amides is 1. The molecular formula is C24H32N2O2. The van der Waals surface area contributed by atoms with Crippen molar-refractivity contribution < 1.29 is 9.53 Å². The van der Waals surface area contributed by atoms with Gasteiger partial charge in [-0.2, -0.15) is 0 Å². The number of carbonyl (C=O) groups is 1. The molecule has 3 rings (SSSR count). The number of benzene rings is 2. The van der Waals surface area contributed by atoms with Gasteiger partial charge in [0.05, 0.1) is 6.54 Å². The predicted molar refractivity (Wildman–Crippen MR) is 115 cm³/mol. The third kappa shape index (κ3) is 4.74. The molecule has 1 saturated heterocycles. The van der Waals surface area contributed by atoms with E-state index in [9.17, 15) is 4.79 Å². The number of carbonyl (C=O) groups excluding carboxylic acids is 1. The van der Waals surface area contributed by atoms with Crippen LogP contribution in [0.15, 0.2) is 54.6 Å². The first kappa shape index (κ1) is 20.4. The molecule has 4 nitrogen and oxygen atoms in total. The van der Waals surface area contributed by atoms with E-state index in [0.717, 1.165) is 31.7 Å². The molecule has 0 bridgehead atoms. The molecule has 1 aliphatic rings. The van der Waals surface area contributed by atoms with Gasteiger partial charge in [0.1, 0.15) is 0 Å². The average Bonchev–Trinajstić information content (AvgIpc) is 2.72. The van der Waals surface area contributed by atoms with Crippen LogP contribution < -0.4 is 10.2 Å². The topological polar surface area (TPSA) is 41.6 Å². The molecule has 1 N–H and O–H groups in total. The molecule has 0 spiro atoms. The van der Waals surface area contributed by atoms with Gasteiger partial charge in [-0.25, -0.2) is 0 Å². The van der Waals surface area contributed by atoms with Gasteiger partial charge in [-0.1, -0.05) is 48.5 Å². The van der Waals surface area contributed by atoms with Crippen LogP contribution in [0.3, 0.4) is 0 Å². The van der Waals surface area contributed by atoms with E-state index in [4.69, 9.17) is 4.74 Å². The molecule has 28 heavy (non-hydrogen) atoms. The number of rotatable bonds is 7. The van der Waals surface area contributed by atoms with Crippen molar-refractivity contribution in [3.8, 4) is 0 Å². The fourth-order valence-corrected chi connectivity index (χ4v) is 4.03. The lowest BCUT2D eigenvalue weighted by atomic mass is 9.74. The van der Waals surface area contributed by atoms with Gasteiger partial charge in [0.15, 0.2) is 0 Å². The van der Waals surface area contributed by atoms with Crippen LogP contribution in [0.2, 0.25) is 0 Å². The summed E-state index contributed by atoms with van der Waals surface area (Å²) in [6, 6.07) is 19.0. The third-order valence-corrected chi connectivity index (χ3v) is 5.82. The molecule has 0 radical (unpaired) electrons. The second kappa shape index (κ2) is 9.24. The van der Waals surface area contributed by atoms with Gasteiger partial charge < -0.3 is 15.0 Å². The highest BCUT2D eigenvalue weighted by molar-refractivity contribution is 5.82. The minimum absolute atomic E-state index is 0.0412. The predicted octanol–water partition coefficient (Wildman–Crippen LogP) is 4.07. The van der Waals surface area contributed by atoms with Gasteiger partial charge >= 0.3 is 0 Å². The second-order valence-electron chi connectivity index (χ2n) is 8.04. The summed E-state index contributed by atoms with van der Waals surface area (Å²) in [5, 5.41) is 3.23. The van der Waals surface area contributed by atoms with Crippen LogP contribution in [0.1, 0.15) is 37.8 Å². The van der Waals surface area contributed by atoms with Gasteiger partial charge in [0.25, 0.3) is 0 Å². The van der Waals surface area contributed by atoms with E-state index in [2.05, 4.69) is 67.4 Å². The Kier molecular flexibility index (Phi) is 6.74. The Hall–Kier alpha value is -2.33. The number of nitrogens with one attached hydrogen (secondary N) is 1. The largest absolute Gasteiger partial charge is 0.381 e. The first-order valence-electron chi connectivity index (χ1n) is 10.2. The van der Waals surface area contributed by atoms with Crippen molar-refractivity contribution in [3.05, 3.63) is 65.7 Å². The first-order chi connectivity index (χ1) is 13.5. The highest BCUT2D eigenvalue weighted by Gasteiger charge is 2.34. The molecule has 150 valence electrons.